The van der Waals surface area contributed by atoms with Crippen LogP contribution in [0.25, 0.3) is 23.0 Å². The van der Waals surface area contributed by atoms with E-state index in [2.05, 4.69) is 20.6 Å². The molecule has 0 bridgehead atoms. The van der Waals surface area contributed by atoms with E-state index < -0.39 is 5.56 Å². The highest BCUT2D eigenvalue weighted by Gasteiger charge is 2.18. The van der Waals surface area contributed by atoms with Crippen LogP contribution in [-0.2, 0) is 17.8 Å². The molecular formula is C23H19N5O5. The molecule has 1 aliphatic rings. The average molecular weight is 445 g/mol. The molecule has 0 saturated carbocycles. The van der Waals surface area contributed by atoms with E-state index in [0.29, 0.717) is 28.6 Å². The maximum atomic E-state index is 12.5. The Morgan fingerprint density at radius 2 is 1.97 bits per heavy atom. The van der Waals surface area contributed by atoms with E-state index >= 15 is 0 Å². The lowest BCUT2D eigenvalue weighted by Crippen LogP contribution is -2.29. The summed E-state index contributed by atoms with van der Waals surface area (Å²) in [5, 5.41) is 11.0. The Labute approximate surface area is 187 Å². The minimum atomic E-state index is -0.424. The van der Waals surface area contributed by atoms with Crippen LogP contribution in [0.1, 0.15) is 12.5 Å². The van der Waals surface area contributed by atoms with Crippen LogP contribution in [-0.4, -0.2) is 32.6 Å². The van der Waals surface area contributed by atoms with Crippen LogP contribution in [0.4, 0.5) is 5.69 Å². The van der Waals surface area contributed by atoms with E-state index in [1.165, 1.54) is 12.1 Å². The Balaban J connectivity index is 1.34. The molecule has 10 nitrogen and oxygen atoms in total. The largest absolute Gasteiger partial charge is 0.454 e. The number of nitrogens with one attached hydrogen (secondary N) is 1. The Morgan fingerprint density at radius 3 is 2.85 bits per heavy atom. The van der Waals surface area contributed by atoms with Crippen molar-refractivity contribution in [3.63, 3.8) is 0 Å². The van der Waals surface area contributed by atoms with Gasteiger partial charge in [0.05, 0.1) is 0 Å². The molecule has 0 radical (unpaired) electrons. The zero-order valence-corrected chi connectivity index (χ0v) is 17.6. The van der Waals surface area contributed by atoms with Crippen LogP contribution in [0.5, 0.6) is 11.5 Å². The monoisotopic (exact) mass is 445 g/mol. The number of benzene rings is 2. The van der Waals surface area contributed by atoms with E-state index in [-0.39, 0.29) is 30.8 Å². The third-order valence-corrected chi connectivity index (χ3v) is 5.05. The molecule has 0 aliphatic carbocycles. The van der Waals surface area contributed by atoms with Gasteiger partial charge >= 0.3 is 0 Å². The van der Waals surface area contributed by atoms with Gasteiger partial charge in [0.2, 0.25) is 18.5 Å². The lowest BCUT2D eigenvalue weighted by Gasteiger charge is -2.08. The van der Waals surface area contributed by atoms with Crippen molar-refractivity contribution in [1.29, 1.82) is 0 Å². The highest BCUT2D eigenvalue weighted by atomic mass is 16.7. The van der Waals surface area contributed by atoms with Gasteiger partial charge in [-0.25, -0.2) is 4.68 Å². The zero-order chi connectivity index (χ0) is 22.8. The van der Waals surface area contributed by atoms with E-state index in [0.717, 1.165) is 16.7 Å². The van der Waals surface area contributed by atoms with Crippen molar-refractivity contribution in [1.82, 2.24) is 19.9 Å². The molecule has 1 N–H and O–H groups in total. The molecule has 0 saturated heterocycles. The van der Waals surface area contributed by atoms with Crippen LogP contribution < -0.4 is 20.3 Å². The number of ether oxygens (including phenoxy) is 2. The van der Waals surface area contributed by atoms with Crippen LogP contribution in [0.3, 0.4) is 0 Å². The molecule has 5 rings (SSSR count). The van der Waals surface area contributed by atoms with Crippen molar-refractivity contribution in [3.8, 4) is 34.5 Å². The number of fused-ring (bicyclic) bond motifs is 1. The smallest absolute Gasteiger partial charge is 0.278 e. The van der Waals surface area contributed by atoms with Gasteiger partial charge in [-0.05, 0) is 48.4 Å². The average Bonchev–Trinajstić information content (AvgIpc) is 3.50. The van der Waals surface area contributed by atoms with Crippen molar-refractivity contribution in [2.75, 3.05) is 12.1 Å². The lowest BCUT2D eigenvalue weighted by molar-refractivity contribution is -0.117. The topological polar surface area (TPSA) is 121 Å². The summed E-state index contributed by atoms with van der Waals surface area (Å²) in [6.07, 6.45) is 0.852. The first-order valence-corrected chi connectivity index (χ1v) is 10.3. The van der Waals surface area contributed by atoms with Crippen molar-refractivity contribution in [2.45, 2.75) is 19.9 Å². The number of anilines is 1. The summed E-state index contributed by atoms with van der Waals surface area (Å²) < 4.78 is 17.1. The first-order valence-electron chi connectivity index (χ1n) is 10.3. The van der Waals surface area contributed by atoms with Gasteiger partial charge < -0.3 is 19.3 Å². The van der Waals surface area contributed by atoms with E-state index in [9.17, 15) is 9.59 Å². The lowest BCUT2D eigenvalue weighted by atomic mass is 10.1. The molecule has 3 heterocycles. The molecule has 166 valence electrons. The number of carbonyl (C=O) groups is 1. The predicted molar refractivity (Wildman–Crippen MR) is 118 cm³/mol. The molecule has 10 heteroatoms. The molecule has 0 fully saturated rings. The molecule has 33 heavy (non-hydrogen) atoms. The third-order valence-electron chi connectivity index (χ3n) is 5.05. The summed E-state index contributed by atoms with van der Waals surface area (Å²) in [6, 6.07) is 15.6. The number of nitrogens with zero attached hydrogens (tertiary/aromatic N) is 4. The van der Waals surface area contributed by atoms with Crippen molar-refractivity contribution < 1.29 is 18.8 Å². The van der Waals surface area contributed by atoms with E-state index in [4.69, 9.17) is 14.0 Å². The zero-order valence-electron chi connectivity index (χ0n) is 17.6. The number of hydrogen-bond acceptors (Lipinski definition) is 8. The molecule has 1 aliphatic heterocycles. The van der Waals surface area contributed by atoms with Gasteiger partial charge in [0.25, 0.3) is 11.4 Å². The number of aryl methyl sites for hydroxylation is 1. The molecule has 0 unspecified atom stereocenters. The molecule has 2 aromatic carbocycles. The summed E-state index contributed by atoms with van der Waals surface area (Å²) >= 11 is 0. The van der Waals surface area contributed by atoms with Crippen LogP contribution in [0.2, 0.25) is 0 Å². The number of carbonyl (C=O) groups excluding carboxylic acids is 1. The molecule has 2 aromatic heterocycles. The molecule has 0 spiro atoms. The Hall–Kier alpha value is -4.47. The Morgan fingerprint density at radius 1 is 1.09 bits per heavy atom. The van der Waals surface area contributed by atoms with E-state index in [1.54, 1.807) is 24.3 Å². The maximum absolute atomic E-state index is 12.5. The van der Waals surface area contributed by atoms with Gasteiger partial charge in [0, 0.05) is 17.3 Å². The fourth-order valence-corrected chi connectivity index (χ4v) is 3.36. The number of hydrogen-bond donors (Lipinski definition) is 1. The van der Waals surface area contributed by atoms with Gasteiger partial charge in [-0.3, -0.25) is 9.59 Å². The second-order valence-electron chi connectivity index (χ2n) is 7.31. The van der Waals surface area contributed by atoms with Crippen LogP contribution in [0, 0.1) is 0 Å². The quantitative estimate of drug-likeness (QED) is 0.481. The summed E-state index contributed by atoms with van der Waals surface area (Å²) in [4.78, 5) is 29.1. The van der Waals surface area contributed by atoms with Crippen molar-refractivity contribution >= 4 is 11.6 Å². The minimum absolute atomic E-state index is 0.118. The SMILES string of the molecule is CCc1cccc(NC(=O)Cn2nc(-c3nc(-c4ccc5c(c4)OCO5)no3)ccc2=O)c1. The van der Waals surface area contributed by atoms with E-state index in [1.807, 2.05) is 25.1 Å². The van der Waals surface area contributed by atoms with Crippen LogP contribution in [0.15, 0.2) is 63.9 Å². The minimum Gasteiger partial charge on any atom is -0.454 e. The maximum Gasteiger partial charge on any atom is 0.278 e. The fraction of sp³-hybridized carbons (Fsp3) is 0.174. The fourth-order valence-electron chi connectivity index (χ4n) is 3.36. The van der Waals surface area contributed by atoms with Crippen molar-refractivity contribution in [3.05, 3.63) is 70.5 Å². The van der Waals surface area contributed by atoms with Gasteiger partial charge in [0.1, 0.15) is 12.2 Å². The number of aromatic nitrogens is 4. The molecule has 4 aromatic rings. The molecular weight excluding hydrogens is 426 g/mol. The second kappa shape index (κ2) is 8.58. The Bertz CT molecular complexity index is 1390. The van der Waals surface area contributed by atoms with Crippen molar-refractivity contribution in [2.24, 2.45) is 0 Å². The van der Waals surface area contributed by atoms with Gasteiger partial charge in [-0.2, -0.15) is 10.1 Å². The highest BCUT2D eigenvalue weighted by Crippen LogP contribution is 2.35. The molecule has 0 atom stereocenters. The predicted octanol–water partition coefficient (Wildman–Crippen LogP) is 2.89. The van der Waals surface area contributed by atoms with Crippen LogP contribution >= 0.6 is 0 Å². The van der Waals surface area contributed by atoms with Gasteiger partial charge in [-0.1, -0.05) is 24.2 Å². The first kappa shape index (κ1) is 20.4. The summed E-state index contributed by atoms with van der Waals surface area (Å²) in [7, 11) is 0. The summed E-state index contributed by atoms with van der Waals surface area (Å²) in [6.45, 7) is 1.94. The second-order valence-corrected chi connectivity index (χ2v) is 7.31. The van der Waals surface area contributed by atoms with Gasteiger partial charge in [0.15, 0.2) is 11.5 Å². The first-order chi connectivity index (χ1) is 16.1. The standard InChI is InChI=1S/C23H19N5O5/c1-2-14-4-3-5-16(10-14)24-20(29)12-28-21(30)9-7-17(26-28)23-25-22(27-33-23)15-6-8-18-19(11-15)32-13-31-18/h3-11H,2,12-13H2,1H3,(H,24,29). The van der Waals surface area contributed by atoms with Gasteiger partial charge in [-0.15, -0.1) is 0 Å². The summed E-state index contributed by atoms with van der Waals surface area (Å²) in [5.74, 6) is 1.32. The number of rotatable bonds is 6. The Kier molecular flexibility index (Phi) is 5.31. The molecule has 1 amide bonds. The normalized spacial score (nSPS) is 12.0. The third kappa shape index (κ3) is 4.31. The summed E-state index contributed by atoms with van der Waals surface area (Å²) in [5.41, 5.74) is 2.28. The highest BCUT2D eigenvalue weighted by molar-refractivity contribution is 5.90. The number of amides is 1.